The first-order valence-corrected chi connectivity index (χ1v) is 7.47. The summed E-state index contributed by atoms with van der Waals surface area (Å²) in [6, 6.07) is 5.74. The molecule has 0 N–H and O–H groups in total. The Labute approximate surface area is 122 Å². The Morgan fingerprint density at radius 2 is 2.21 bits per heavy atom. The number of rotatable bonds is 6. The molecule has 0 atom stereocenters. The molecule has 0 radical (unpaired) electrons. The van der Waals surface area contributed by atoms with E-state index in [0.29, 0.717) is 17.5 Å². The van der Waals surface area contributed by atoms with Gasteiger partial charge in [-0.1, -0.05) is 11.6 Å². The highest BCUT2D eigenvalue weighted by Gasteiger charge is 2.21. The van der Waals surface area contributed by atoms with Crippen LogP contribution >= 0.6 is 23.2 Å². The number of imidazole rings is 1. The van der Waals surface area contributed by atoms with Crippen molar-refractivity contribution in [3.05, 3.63) is 29.0 Å². The van der Waals surface area contributed by atoms with E-state index in [9.17, 15) is 0 Å². The number of nitrogens with zero attached hydrogens (tertiary/aromatic N) is 2. The molecule has 5 heteroatoms. The molecule has 1 fully saturated rings. The van der Waals surface area contributed by atoms with Gasteiger partial charge in [-0.15, -0.1) is 11.6 Å². The average Bonchev–Trinajstić information content (AvgIpc) is 3.16. The zero-order valence-corrected chi connectivity index (χ0v) is 12.1. The monoisotopic (exact) mass is 298 g/mol. The fraction of sp³-hybridized carbons (Fsp3) is 0.500. The van der Waals surface area contributed by atoms with Crippen LogP contribution in [0, 0.1) is 5.92 Å². The molecule has 3 nitrogen and oxygen atoms in total. The van der Waals surface area contributed by atoms with Gasteiger partial charge in [-0.2, -0.15) is 0 Å². The minimum atomic E-state index is 0.398. The largest absolute Gasteiger partial charge is 0.379 e. The molecule has 1 aliphatic rings. The van der Waals surface area contributed by atoms with Crippen molar-refractivity contribution in [2.24, 2.45) is 5.92 Å². The molecule has 19 heavy (non-hydrogen) atoms. The van der Waals surface area contributed by atoms with Crippen molar-refractivity contribution in [2.75, 3.05) is 13.2 Å². The molecule has 2 aromatic rings. The third-order valence-corrected chi connectivity index (χ3v) is 3.89. The Kier molecular flexibility index (Phi) is 3.96. The summed E-state index contributed by atoms with van der Waals surface area (Å²) in [4.78, 5) is 4.51. The summed E-state index contributed by atoms with van der Waals surface area (Å²) in [6.45, 7) is 2.37. The first-order valence-electron chi connectivity index (χ1n) is 6.56. The fourth-order valence-electron chi connectivity index (χ4n) is 2.19. The lowest BCUT2D eigenvalue weighted by atomic mass is 10.3. The standard InChI is InChI=1S/C14H16Cl2N2O/c15-8-14-17-12-7-11(16)3-4-13(12)18(14)5-6-19-9-10-1-2-10/h3-4,7,10H,1-2,5-6,8-9H2. The molecule has 102 valence electrons. The SMILES string of the molecule is ClCc1nc2cc(Cl)ccc2n1CCOCC1CC1. The highest BCUT2D eigenvalue weighted by atomic mass is 35.5. The molecule has 0 amide bonds. The van der Waals surface area contributed by atoms with E-state index in [-0.39, 0.29) is 0 Å². The van der Waals surface area contributed by atoms with Crippen molar-refractivity contribution in [3.8, 4) is 0 Å². The van der Waals surface area contributed by atoms with Gasteiger partial charge < -0.3 is 9.30 Å². The maximum Gasteiger partial charge on any atom is 0.124 e. The van der Waals surface area contributed by atoms with E-state index in [4.69, 9.17) is 27.9 Å². The van der Waals surface area contributed by atoms with E-state index in [1.807, 2.05) is 18.2 Å². The number of benzene rings is 1. The molecule has 0 aliphatic heterocycles. The van der Waals surface area contributed by atoms with Crippen LogP contribution in [0.25, 0.3) is 11.0 Å². The van der Waals surface area contributed by atoms with Crippen LogP contribution in [0.15, 0.2) is 18.2 Å². The van der Waals surface area contributed by atoms with Crippen LogP contribution in [0.5, 0.6) is 0 Å². The molecular weight excluding hydrogens is 283 g/mol. The van der Waals surface area contributed by atoms with Crippen molar-refractivity contribution in [2.45, 2.75) is 25.3 Å². The summed E-state index contributed by atoms with van der Waals surface area (Å²) in [5.74, 6) is 2.06. The molecule has 1 aromatic heterocycles. The zero-order chi connectivity index (χ0) is 13.2. The average molecular weight is 299 g/mol. The van der Waals surface area contributed by atoms with E-state index in [1.54, 1.807) is 0 Å². The Morgan fingerprint density at radius 3 is 2.95 bits per heavy atom. The highest BCUT2D eigenvalue weighted by molar-refractivity contribution is 6.31. The van der Waals surface area contributed by atoms with Gasteiger partial charge in [0.2, 0.25) is 0 Å². The van der Waals surface area contributed by atoms with E-state index in [2.05, 4.69) is 9.55 Å². The Morgan fingerprint density at radius 1 is 1.37 bits per heavy atom. The molecule has 1 heterocycles. The third kappa shape index (κ3) is 3.04. The van der Waals surface area contributed by atoms with E-state index in [0.717, 1.165) is 35.9 Å². The van der Waals surface area contributed by atoms with E-state index < -0.39 is 0 Å². The molecule has 0 unspecified atom stereocenters. The minimum absolute atomic E-state index is 0.398. The third-order valence-electron chi connectivity index (χ3n) is 3.42. The zero-order valence-electron chi connectivity index (χ0n) is 10.6. The van der Waals surface area contributed by atoms with Gasteiger partial charge in [0.15, 0.2) is 0 Å². The van der Waals surface area contributed by atoms with Crippen LogP contribution in [0.3, 0.4) is 0 Å². The Balaban J connectivity index is 1.75. The normalized spacial score (nSPS) is 15.3. The van der Waals surface area contributed by atoms with Gasteiger partial charge in [-0.3, -0.25) is 0 Å². The molecular formula is C14H16Cl2N2O. The van der Waals surface area contributed by atoms with Gasteiger partial charge in [0, 0.05) is 18.2 Å². The second kappa shape index (κ2) is 5.70. The number of hydrogen-bond acceptors (Lipinski definition) is 2. The summed E-state index contributed by atoms with van der Waals surface area (Å²) in [6.07, 6.45) is 2.64. The molecule has 1 aliphatic carbocycles. The quantitative estimate of drug-likeness (QED) is 0.598. The Hall–Kier alpha value is -0.770. The number of aromatic nitrogens is 2. The molecule has 0 spiro atoms. The van der Waals surface area contributed by atoms with E-state index >= 15 is 0 Å². The van der Waals surface area contributed by atoms with Crippen molar-refractivity contribution in [1.82, 2.24) is 9.55 Å². The molecule has 3 rings (SSSR count). The van der Waals surface area contributed by atoms with Crippen molar-refractivity contribution in [3.63, 3.8) is 0 Å². The van der Waals surface area contributed by atoms with Crippen LogP contribution in [0.4, 0.5) is 0 Å². The lowest BCUT2D eigenvalue weighted by Gasteiger charge is -2.08. The Bertz CT molecular complexity index is 578. The van der Waals surface area contributed by atoms with Crippen LogP contribution in [0.2, 0.25) is 5.02 Å². The summed E-state index contributed by atoms with van der Waals surface area (Å²) in [5, 5.41) is 0.697. The van der Waals surface area contributed by atoms with Gasteiger partial charge in [0.1, 0.15) is 5.82 Å². The van der Waals surface area contributed by atoms with Crippen molar-refractivity contribution < 1.29 is 4.74 Å². The molecule has 0 bridgehead atoms. The summed E-state index contributed by atoms with van der Waals surface area (Å²) >= 11 is 11.9. The number of fused-ring (bicyclic) bond motifs is 1. The first-order chi connectivity index (χ1) is 9.28. The first kappa shape index (κ1) is 13.2. The lowest BCUT2D eigenvalue weighted by molar-refractivity contribution is 0.117. The van der Waals surface area contributed by atoms with Gasteiger partial charge in [0.25, 0.3) is 0 Å². The second-order valence-corrected chi connectivity index (χ2v) is 5.67. The van der Waals surface area contributed by atoms with Crippen LogP contribution < -0.4 is 0 Å². The number of ether oxygens (including phenoxy) is 1. The second-order valence-electron chi connectivity index (χ2n) is 4.96. The maximum absolute atomic E-state index is 5.99. The van der Waals surface area contributed by atoms with E-state index in [1.165, 1.54) is 12.8 Å². The van der Waals surface area contributed by atoms with Crippen LogP contribution in [0.1, 0.15) is 18.7 Å². The predicted molar refractivity (Wildman–Crippen MR) is 77.8 cm³/mol. The highest BCUT2D eigenvalue weighted by Crippen LogP contribution is 2.28. The number of halogens is 2. The fourth-order valence-corrected chi connectivity index (χ4v) is 2.57. The van der Waals surface area contributed by atoms with Crippen molar-refractivity contribution >= 4 is 34.2 Å². The maximum atomic E-state index is 5.99. The van der Waals surface area contributed by atoms with Gasteiger partial charge >= 0.3 is 0 Å². The van der Waals surface area contributed by atoms with Gasteiger partial charge in [-0.25, -0.2) is 4.98 Å². The summed E-state index contributed by atoms with van der Waals surface area (Å²) < 4.78 is 7.80. The summed E-state index contributed by atoms with van der Waals surface area (Å²) in [5.41, 5.74) is 1.96. The van der Waals surface area contributed by atoms with Gasteiger partial charge in [0.05, 0.1) is 23.5 Å². The minimum Gasteiger partial charge on any atom is -0.379 e. The lowest BCUT2D eigenvalue weighted by Crippen LogP contribution is -2.09. The number of hydrogen-bond donors (Lipinski definition) is 0. The van der Waals surface area contributed by atoms with Crippen LogP contribution in [-0.2, 0) is 17.2 Å². The predicted octanol–water partition coefficient (Wildman–Crippen LogP) is 3.86. The summed E-state index contributed by atoms with van der Waals surface area (Å²) in [7, 11) is 0. The number of alkyl halides is 1. The topological polar surface area (TPSA) is 27.1 Å². The van der Waals surface area contributed by atoms with Crippen LogP contribution in [-0.4, -0.2) is 22.8 Å². The smallest absolute Gasteiger partial charge is 0.124 e. The molecule has 0 saturated heterocycles. The van der Waals surface area contributed by atoms with Gasteiger partial charge in [-0.05, 0) is 37.0 Å². The molecule has 1 aromatic carbocycles. The molecule has 1 saturated carbocycles. The van der Waals surface area contributed by atoms with Crippen molar-refractivity contribution in [1.29, 1.82) is 0 Å².